The molecule has 0 aliphatic carbocycles. The Hall–Kier alpha value is -5.66. The molecule has 1 heterocycles. The summed E-state index contributed by atoms with van der Waals surface area (Å²) in [6, 6.07) is 60.7. The molecule has 0 N–H and O–H groups in total. The molecule has 1 nitrogen and oxygen atoms in total. The van der Waals surface area contributed by atoms with E-state index in [4.69, 9.17) is 4.42 Å². The third-order valence-electron chi connectivity index (χ3n) is 8.48. The van der Waals surface area contributed by atoms with Gasteiger partial charge in [-0.15, -0.1) is 0 Å². The second kappa shape index (κ2) is 11.2. The average Bonchev–Trinajstić information content (AvgIpc) is 3.48. The molecule has 8 aromatic rings. The van der Waals surface area contributed by atoms with Crippen LogP contribution < -0.4 is 0 Å². The fraction of sp³-hybridized carbons (Fsp3) is 0.0233. The Morgan fingerprint density at radius 2 is 0.886 bits per heavy atom. The minimum absolute atomic E-state index is 0.906. The zero-order valence-corrected chi connectivity index (χ0v) is 24.3. The zero-order chi connectivity index (χ0) is 29.3. The Bertz CT molecular complexity index is 2240. The van der Waals surface area contributed by atoms with Crippen LogP contribution in [0, 0.1) is 0 Å². The van der Waals surface area contributed by atoms with Crippen LogP contribution in [0.15, 0.2) is 174 Å². The van der Waals surface area contributed by atoms with Crippen LogP contribution >= 0.6 is 0 Å². The van der Waals surface area contributed by atoms with Crippen molar-refractivity contribution in [1.82, 2.24) is 0 Å². The van der Waals surface area contributed by atoms with Crippen molar-refractivity contribution in [3.05, 3.63) is 181 Å². The summed E-state index contributed by atoms with van der Waals surface area (Å²) in [5.74, 6) is 0. The second-order valence-corrected chi connectivity index (χ2v) is 11.4. The third kappa shape index (κ3) is 4.99. The largest absolute Gasteiger partial charge is 0.456 e. The van der Waals surface area contributed by atoms with E-state index in [9.17, 15) is 0 Å². The molecule has 0 radical (unpaired) electrons. The second-order valence-electron chi connectivity index (χ2n) is 11.4. The van der Waals surface area contributed by atoms with Crippen molar-refractivity contribution in [2.24, 2.45) is 0 Å². The smallest absolute Gasteiger partial charge is 0.136 e. The Labute approximate surface area is 257 Å². The van der Waals surface area contributed by atoms with Crippen molar-refractivity contribution >= 4 is 21.9 Å². The van der Waals surface area contributed by atoms with Gasteiger partial charge in [-0.25, -0.2) is 0 Å². The van der Waals surface area contributed by atoms with Gasteiger partial charge in [-0.05, 0) is 92.4 Å². The van der Waals surface area contributed by atoms with Crippen molar-refractivity contribution in [2.45, 2.75) is 6.42 Å². The van der Waals surface area contributed by atoms with Gasteiger partial charge in [0.05, 0.1) is 0 Å². The van der Waals surface area contributed by atoms with Crippen molar-refractivity contribution in [3.63, 3.8) is 0 Å². The predicted molar refractivity (Wildman–Crippen MR) is 185 cm³/mol. The molecule has 7 aromatic carbocycles. The molecule has 8 rings (SSSR count). The maximum atomic E-state index is 6.38. The molecule has 208 valence electrons. The van der Waals surface area contributed by atoms with Crippen molar-refractivity contribution in [1.29, 1.82) is 0 Å². The number of hydrogen-bond donors (Lipinski definition) is 0. The predicted octanol–water partition coefficient (Wildman–Crippen LogP) is 11.8. The van der Waals surface area contributed by atoms with Crippen LogP contribution in [0.1, 0.15) is 11.1 Å². The van der Waals surface area contributed by atoms with Gasteiger partial charge in [-0.2, -0.15) is 0 Å². The van der Waals surface area contributed by atoms with E-state index in [-0.39, 0.29) is 0 Å². The van der Waals surface area contributed by atoms with Crippen LogP contribution in [-0.2, 0) is 6.42 Å². The summed E-state index contributed by atoms with van der Waals surface area (Å²) in [6.45, 7) is 0. The molecule has 0 fully saturated rings. The average molecular weight is 563 g/mol. The highest BCUT2D eigenvalue weighted by Gasteiger charge is 2.14. The molecule has 0 spiro atoms. The fourth-order valence-electron chi connectivity index (χ4n) is 6.31. The van der Waals surface area contributed by atoms with E-state index < -0.39 is 0 Å². The van der Waals surface area contributed by atoms with Gasteiger partial charge < -0.3 is 4.42 Å². The van der Waals surface area contributed by atoms with E-state index in [1.807, 2.05) is 0 Å². The van der Waals surface area contributed by atoms with Crippen molar-refractivity contribution in [2.75, 3.05) is 0 Å². The van der Waals surface area contributed by atoms with E-state index in [1.165, 1.54) is 55.6 Å². The highest BCUT2D eigenvalue weighted by molar-refractivity contribution is 6.13. The molecule has 0 amide bonds. The van der Waals surface area contributed by atoms with Crippen molar-refractivity contribution in [3.8, 4) is 44.5 Å². The first-order valence-electron chi connectivity index (χ1n) is 15.1. The molecular weight excluding hydrogens is 532 g/mol. The van der Waals surface area contributed by atoms with Gasteiger partial charge in [-0.1, -0.05) is 140 Å². The molecule has 0 bridgehead atoms. The van der Waals surface area contributed by atoms with Gasteiger partial charge in [0.2, 0.25) is 0 Å². The molecule has 0 aliphatic heterocycles. The Morgan fingerprint density at radius 3 is 1.61 bits per heavy atom. The summed E-state index contributed by atoms with van der Waals surface area (Å²) >= 11 is 0. The monoisotopic (exact) mass is 562 g/mol. The molecule has 1 heteroatoms. The lowest BCUT2D eigenvalue weighted by molar-refractivity contribution is 0.669. The van der Waals surface area contributed by atoms with E-state index in [0.29, 0.717) is 0 Å². The molecule has 0 aliphatic rings. The van der Waals surface area contributed by atoms with Gasteiger partial charge in [0.1, 0.15) is 11.2 Å². The lowest BCUT2D eigenvalue weighted by Gasteiger charge is -2.09. The van der Waals surface area contributed by atoms with E-state index >= 15 is 0 Å². The quantitative estimate of drug-likeness (QED) is 0.196. The summed E-state index contributed by atoms with van der Waals surface area (Å²) in [6.07, 6.45) is 0.908. The normalized spacial score (nSPS) is 11.3. The lowest BCUT2D eigenvalue weighted by atomic mass is 9.94. The molecule has 44 heavy (non-hydrogen) atoms. The summed E-state index contributed by atoms with van der Waals surface area (Å²) in [5, 5.41) is 2.30. The molecule has 0 unspecified atom stereocenters. The fourth-order valence-corrected chi connectivity index (χ4v) is 6.31. The summed E-state index contributed by atoms with van der Waals surface area (Å²) in [5.41, 5.74) is 14.1. The topological polar surface area (TPSA) is 13.1 Å². The van der Waals surface area contributed by atoms with Crippen molar-refractivity contribution < 1.29 is 4.42 Å². The van der Waals surface area contributed by atoms with Crippen LogP contribution in [0.5, 0.6) is 0 Å². The number of furan rings is 1. The van der Waals surface area contributed by atoms with Gasteiger partial charge in [0.25, 0.3) is 0 Å². The Morgan fingerprint density at radius 1 is 0.341 bits per heavy atom. The summed E-state index contributed by atoms with van der Waals surface area (Å²) in [4.78, 5) is 0. The third-order valence-corrected chi connectivity index (χ3v) is 8.48. The zero-order valence-electron chi connectivity index (χ0n) is 24.3. The summed E-state index contributed by atoms with van der Waals surface area (Å²) in [7, 11) is 0. The van der Waals surface area contributed by atoms with Crippen LogP contribution in [0.25, 0.3) is 66.4 Å². The van der Waals surface area contributed by atoms with Gasteiger partial charge in [0.15, 0.2) is 0 Å². The number of fused-ring (bicyclic) bond motifs is 3. The number of hydrogen-bond acceptors (Lipinski definition) is 1. The Balaban J connectivity index is 1.19. The highest BCUT2D eigenvalue weighted by Crippen LogP contribution is 2.39. The molecule has 0 saturated carbocycles. The minimum atomic E-state index is 0.906. The van der Waals surface area contributed by atoms with Gasteiger partial charge >= 0.3 is 0 Å². The Kier molecular flexibility index (Phi) is 6.62. The number of rotatable bonds is 6. The lowest BCUT2D eigenvalue weighted by Crippen LogP contribution is -1.89. The van der Waals surface area contributed by atoms with Gasteiger partial charge in [0, 0.05) is 10.8 Å². The number of benzene rings is 7. The van der Waals surface area contributed by atoms with E-state index in [1.54, 1.807) is 0 Å². The summed E-state index contributed by atoms with van der Waals surface area (Å²) < 4.78 is 6.38. The van der Waals surface area contributed by atoms with E-state index in [0.717, 1.165) is 28.4 Å². The van der Waals surface area contributed by atoms with Crippen LogP contribution in [-0.4, -0.2) is 0 Å². The maximum Gasteiger partial charge on any atom is 0.136 e. The molecule has 0 atom stereocenters. The molecule has 1 aromatic heterocycles. The minimum Gasteiger partial charge on any atom is -0.456 e. The first-order chi connectivity index (χ1) is 21.8. The standard InChI is InChI=1S/C43H30O/c1-3-11-30(12-4-1)25-31-13-7-20-38(26-31)39-21-10-22-42-43(39)40-29-37(23-24-41(40)44-42)36-19-9-18-35(28-36)34-17-8-16-33(27-34)32-14-5-2-6-15-32/h1-24,26-29H,25H2. The van der Waals surface area contributed by atoms with Crippen LogP contribution in [0.2, 0.25) is 0 Å². The first kappa shape index (κ1) is 26.0. The SMILES string of the molecule is c1ccc(Cc2cccc(-c3cccc4oc5ccc(-c6cccc(-c7cccc(-c8ccccc8)c7)c6)cc5c34)c2)cc1. The highest BCUT2D eigenvalue weighted by atomic mass is 16.3. The van der Waals surface area contributed by atoms with Crippen LogP contribution in [0.3, 0.4) is 0 Å². The molecule has 0 saturated heterocycles. The van der Waals surface area contributed by atoms with E-state index in [2.05, 4.69) is 170 Å². The van der Waals surface area contributed by atoms with Crippen LogP contribution in [0.4, 0.5) is 0 Å². The van der Waals surface area contributed by atoms with Gasteiger partial charge in [-0.3, -0.25) is 0 Å². The maximum absolute atomic E-state index is 6.38. The first-order valence-corrected chi connectivity index (χ1v) is 15.1. The molecular formula is C43H30O.